The molecule has 0 unspecified atom stereocenters. The van der Waals surface area contributed by atoms with Crippen LogP contribution in [0.25, 0.3) is 0 Å². The number of thioether (sulfide) groups is 1. The maximum absolute atomic E-state index is 14.4. The minimum atomic E-state index is -1.35. The normalized spacial score (nSPS) is 23.8. The maximum atomic E-state index is 14.4. The average Bonchev–Trinajstić information content (AvgIpc) is 3.31. The third-order valence-electron chi connectivity index (χ3n) is 7.29. The Bertz CT molecular complexity index is 1320. The number of carbonyl (C=O) groups is 4. The van der Waals surface area contributed by atoms with Crippen LogP contribution in [-0.2, 0) is 23.9 Å². The highest BCUT2D eigenvalue weighted by Gasteiger charge is 2.64. The number of esters is 2. The van der Waals surface area contributed by atoms with Gasteiger partial charge in [0, 0.05) is 16.8 Å². The molecular weight excluding hydrogens is 480 g/mol. The van der Waals surface area contributed by atoms with E-state index in [0.29, 0.717) is 0 Å². The minimum absolute atomic E-state index is 0.0777. The molecule has 1 saturated heterocycles. The highest BCUT2D eigenvalue weighted by molar-refractivity contribution is 8.02. The first-order valence-corrected chi connectivity index (χ1v) is 12.7. The quantitative estimate of drug-likeness (QED) is 0.576. The fraction of sp³-hybridized carbons (Fsp3) is 0.407. The molecule has 0 saturated carbocycles. The molecule has 3 heterocycles. The van der Waals surface area contributed by atoms with Crippen LogP contribution < -0.4 is 9.80 Å². The number of nitrogens with zero attached hydrogens (tertiary/aromatic N) is 2. The third-order valence-corrected chi connectivity index (χ3v) is 8.68. The summed E-state index contributed by atoms with van der Waals surface area (Å²) in [4.78, 5) is 54.8. The van der Waals surface area contributed by atoms with Crippen molar-refractivity contribution in [1.82, 2.24) is 0 Å². The van der Waals surface area contributed by atoms with Crippen LogP contribution in [-0.4, -0.2) is 49.3 Å². The first-order valence-electron chi connectivity index (χ1n) is 11.7. The van der Waals surface area contributed by atoms with Crippen molar-refractivity contribution in [3.63, 3.8) is 0 Å². The molecule has 188 valence electrons. The van der Waals surface area contributed by atoms with Crippen molar-refractivity contribution in [2.24, 2.45) is 0 Å². The number of amides is 2. The first-order chi connectivity index (χ1) is 17.0. The lowest BCUT2D eigenvalue weighted by molar-refractivity contribution is -0.124. The molecule has 36 heavy (non-hydrogen) atoms. The summed E-state index contributed by atoms with van der Waals surface area (Å²) in [5.74, 6) is -1.50. The summed E-state index contributed by atoms with van der Waals surface area (Å²) in [7, 11) is 2.48. The summed E-state index contributed by atoms with van der Waals surface area (Å²) in [5, 5.41) is 0. The molecule has 2 aromatic rings. The van der Waals surface area contributed by atoms with Crippen LogP contribution in [0.15, 0.2) is 30.3 Å². The van der Waals surface area contributed by atoms with Gasteiger partial charge in [-0.15, -0.1) is 11.8 Å². The highest BCUT2D eigenvalue weighted by Crippen LogP contribution is 2.61. The molecule has 9 heteroatoms. The monoisotopic (exact) mass is 508 g/mol. The van der Waals surface area contributed by atoms with E-state index >= 15 is 0 Å². The van der Waals surface area contributed by atoms with Crippen LogP contribution in [0.4, 0.5) is 11.4 Å². The van der Waals surface area contributed by atoms with Crippen LogP contribution in [0.5, 0.6) is 0 Å². The van der Waals surface area contributed by atoms with Crippen LogP contribution >= 0.6 is 11.8 Å². The molecule has 2 aromatic carbocycles. The predicted molar refractivity (Wildman–Crippen MR) is 137 cm³/mol. The van der Waals surface area contributed by atoms with Crippen LogP contribution in [0.2, 0.25) is 0 Å². The van der Waals surface area contributed by atoms with Crippen molar-refractivity contribution in [2.75, 3.05) is 29.8 Å². The molecule has 1 spiro atoms. The highest BCUT2D eigenvalue weighted by atomic mass is 32.2. The minimum Gasteiger partial charge on any atom is -0.465 e. The van der Waals surface area contributed by atoms with Gasteiger partial charge in [0.25, 0.3) is 5.91 Å². The van der Waals surface area contributed by atoms with E-state index in [9.17, 15) is 19.2 Å². The molecule has 1 fully saturated rings. The van der Waals surface area contributed by atoms with Gasteiger partial charge in [0.15, 0.2) is 0 Å². The summed E-state index contributed by atoms with van der Waals surface area (Å²) in [6.45, 7) is 8.25. The van der Waals surface area contributed by atoms with E-state index in [2.05, 4.69) is 13.0 Å². The van der Waals surface area contributed by atoms with Gasteiger partial charge in [0.2, 0.25) is 10.8 Å². The summed E-state index contributed by atoms with van der Waals surface area (Å²) in [6.07, 6.45) is 0.785. The van der Waals surface area contributed by atoms with Gasteiger partial charge in [-0.25, -0.2) is 9.59 Å². The number of hydrogen-bond donors (Lipinski definition) is 0. The molecule has 0 aromatic heterocycles. The number of fused-ring (bicyclic) bond motifs is 1. The number of anilines is 2. The van der Waals surface area contributed by atoms with Gasteiger partial charge >= 0.3 is 11.9 Å². The summed E-state index contributed by atoms with van der Waals surface area (Å²) < 4.78 is 9.76. The smallest absolute Gasteiger partial charge is 0.337 e. The summed E-state index contributed by atoms with van der Waals surface area (Å²) >= 11 is 1.27. The number of methoxy groups -OCH3 is 2. The average molecular weight is 509 g/mol. The molecule has 0 N–H and O–H groups in total. The third kappa shape index (κ3) is 3.21. The Morgan fingerprint density at radius 3 is 2.17 bits per heavy atom. The Morgan fingerprint density at radius 1 is 0.972 bits per heavy atom. The number of ether oxygens (including phenoxy) is 2. The lowest BCUT2D eigenvalue weighted by Gasteiger charge is -2.44. The van der Waals surface area contributed by atoms with Gasteiger partial charge in [0.1, 0.15) is 0 Å². The number of benzene rings is 2. The zero-order chi connectivity index (χ0) is 26.2. The second-order valence-corrected chi connectivity index (χ2v) is 11.4. The van der Waals surface area contributed by atoms with Gasteiger partial charge in [-0.05, 0) is 56.9 Å². The van der Waals surface area contributed by atoms with E-state index in [-0.39, 0.29) is 40.3 Å². The van der Waals surface area contributed by atoms with E-state index in [4.69, 9.17) is 9.47 Å². The fourth-order valence-corrected chi connectivity index (χ4v) is 7.27. The fourth-order valence-electron chi connectivity index (χ4n) is 5.95. The van der Waals surface area contributed by atoms with Gasteiger partial charge in [-0.1, -0.05) is 24.6 Å². The largest absolute Gasteiger partial charge is 0.465 e. The standard InChI is InChI=1S/C27H28N2O6S/c1-14-7-19-15(2)12-26(3,4)29-22(19)20(8-14)27(25(29)33)28(21(30)13-36-27)18-10-16(23(31)34-5)9-17(11-18)24(32)35-6/h7-11,15H,12-13H2,1-6H3/t15-,27+/m1/s1. The van der Waals surface area contributed by atoms with E-state index in [1.807, 2.05) is 31.7 Å². The number of carbonyl (C=O) groups excluding carboxylic acids is 4. The Morgan fingerprint density at radius 2 is 1.58 bits per heavy atom. The summed E-state index contributed by atoms with van der Waals surface area (Å²) in [5.41, 5.74) is 3.69. The van der Waals surface area contributed by atoms with E-state index in [0.717, 1.165) is 28.8 Å². The van der Waals surface area contributed by atoms with Crippen LogP contribution in [0.3, 0.4) is 0 Å². The Kier molecular flexibility index (Phi) is 5.48. The molecule has 3 aliphatic heterocycles. The number of rotatable bonds is 3. The van der Waals surface area contributed by atoms with Crippen LogP contribution in [0, 0.1) is 6.92 Å². The molecule has 8 nitrogen and oxygen atoms in total. The van der Waals surface area contributed by atoms with E-state index < -0.39 is 22.3 Å². The van der Waals surface area contributed by atoms with Gasteiger partial charge in [-0.2, -0.15) is 0 Å². The van der Waals surface area contributed by atoms with E-state index in [1.54, 1.807) is 0 Å². The molecule has 0 aliphatic carbocycles. The molecule has 0 radical (unpaired) electrons. The first kappa shape index (κ1) is 24.4. The van der Waals surface area contributed by atoms with Crippen molar-refractivity contribution in [2.45, 2.75) is 50.4 Å². The molecule has 2 atom stereocenters. The molecule has 5 rings (SSSR count). The molecular formula is C27H28N2O6S. The number of aryl methyl sites for hydroxylation is 1. The lowest BCUT2D eigenvalue weighted by atomic mass is 9.80. The Hall–Kier alpha value is -3.33. The topological polar surface area (TPSA) is 93.2 Å². The van der Waals surface area contributed by atoms with Crippen molar-refractivity contribution in [3.05, 3.63) is 58.1 Å². The lowest BCUT2D eigenvalue weighted by Crippen LogP contribution is -2.56. The zero-order valence-corrected chi connectivity index (χ0v) is 21.9. The van der Waals surface area contributed by atoms with Gasteiger partial charge in [0.05, 0.1) is 36.8 Å². The summed E-state index contributed by atoms with van der Waals surface area (Å²) in [6, 6.07) is 8.44. The Labute approximate surface area is 213 Å². The zero-order valence-electron chi connectivity index (χ0n) is 21.1. The van der Waals surface area contributed by atoms with Gasteiger partial charge in [-0.3, -0.25) is 14.5 Å². The number of hydrogen-bond acceptors (Lipinski definition) is 7. The van der Waals surface area contributed by atoms with E-state index in [1.165, 1.54) is 49.1 Å². The van der Waals surface area contributed by atoms with Crippen molar-refractivity contribution < 1.29 is 28.7 Å². The van der Waals surface area contributed by atoms with Crippen LogP contribution in [0.1, 0.15) is 70.5 Å². The second kappa shape index (κ2) is 8.09. The SMILES string of the molecule is COC(=O)c1cc(C(=O)OC)cc(N2C(=O)CS[C@@]23C(=O)N2c4c(cc(C)cc43)[C@H](C)CC2(C)C)c1. The molecule has 0 bridgehead atoms. The van der Waals surface area contributed by atoms with Crippen molar-refractivity contribution >= 4 is 46.9 Å². The predicted octanol–water partition coefficient (Wildman–Crippen LogP) is 4.13. The molecule has 3 aliphatic rings. The van der Waals surface area contributed by atoms with Gasteiger partial charge < -0.3 is 14.4 Å². The van der Waals surface area contributed by atoms with Crippen molar-refractivity contribution in [3.8, 4) is 0 Å². The Balaban J connectivity index is 1.79. The molecule has 2 amide bonds. The van der Waals surface area contributed by atoms with Crippen molar-refractivity contribution in [1.29, 1.82) is 0 Å². The maximum Gasteiger partial charge on any atom is 0.337 e. The second-order valence-electron chi connectivity index (χ2n) is 10.2.